The molecule has 20 heavy (non-hydrogen) atoms. The number of tetrazole rings is 1. The summed E-state index contributed by atoms with van der Waals surface area (Å²) in [5, 5.41) is 11.7. The summed E-state index contributed by atoms with van der Waals surface area (Å²) in [7, 11) is 1.88. The van der Waals surface area contributed by atoms with Gasteiger partial charge in [-0.2, -0.15) is 0 Å². The number of rotatable bonds is 2. The van der Waals surface area contributed by atoms with Crippen molar-refractivity contribution in [2.45, 2.75) is 13.8 Å². The highest BCUT2D eigenvalue weighted by Crippen LogP contribution is 2.26. The van der Waals surface area contributed by atoms with E-state index in [9.17, 15) is 0 Å². The minimum atomic E-state index is 0.853. The van der Waals surface area contributed by atoms with Gasteiger partial charge in [0.15, 0.2) is 0 Å². The first-order valence-electron chi connectivity index (χ1n) is 6.95. The van der Waals surface area contributed by atoms with Crippen LogP contribution in [0.4, 0.5) is 11.6 Å². The molecular formula is C14H20N6. The number of nitrogens with zero attached hydrogens (tertiary/aromatic N) is 6. The summed E-state index contributed by atoms with van der Waals surface area (Å²) in [6.07, 6.45) is 0. The zero-order valence-corrected chi connectivity index (χ0v) is 12.2. The largest absolute Gasteiger partial charge is 0.368 e. The molecule has 2 aromatic rings. The smallest absolute Gasteiger partial charge is 0.245 e. The van der Waals surface area contributed by atoms with E-state index in [2.05, 4.69) is 57.4 Å². The van der Waals surface area contributed by atoms with Crippen LogP contribution in [0.2, 0.25) is 0 Å². The van der Waals surface area contributed by atoms with Crippen LogP contribution < -0.4 is 9.80 Å². The van der Waals surface area contributed by atoms with Crippen LogP contribution >= 0.6 is 0 Å². The summed E-state index contributed by atoms with van der Waals surface area (Å²) in [6.45, 7) is 8.25. The van der Waals surface area contributed by atoms with Crippen molar-refractivity contribution in [2.24, 2.45) is 7.05 Å². The Hall–Kier alpha value is -2.11. The van der Waals surface area contributed by atoms with Gasteiger partial charge in [-0.05, 0) is 35.4 Å². The molecule has 2 heterocycles. The third-order valence-electron chi connectivity index (χ3n) is 3.92. The first-order valence-corrected chi connectivity index (χ1v) is 6.95. The maximum absolute atomic E-state index is 4.08. The summed E-state index contributed by atoms with van der Waals surface area (Å²) in [4.78, 5) is 4.70. The molecule has 0 amide bonds. The highest BCUT2D eigenvalue weighted by molar-refractivity contribution is 5.59. The van der Waals surface area contributed by atoms with E-state index >= 15 is 0 Å². The van der Waals surface area contributed by atoms with E-state index in [1.165, 1.54) is 16.8 Å². The third kappa shape index (κ3) is 2.21. The number of hydrogen-bond acceptors (Lipinski definition) is 5. The predicted molar refractivity (Wildman–Crippen MR) is 79.1 cm³/mol. The third-order valence-corrected chi connectivity index (χ3v) is 3.92. The lowest BCUT2D eigenvalue weighted by molar-refractivity contribution is 0.616. The molecule has 1 aromatic heterocycles. The van der Waals surface area contributed by atoms with Crippen molar-refractivity contribution < 1.29 is 0 Å². The van der Waals surface area contributed by atoms with Crippen LogP contribution in [-0.2, 0) is 7.05 Å². The number of para-hydroxylation sites is 1. The number of anilines is 2. The number of piperazine rings is 1. The molecule has 0 bridgehead atoms. The second-order valence-electron chi connectivity index (χ2n) is 5.32. The molecular weight excluding hydrogens is 252 g/mol. The van der Waals surface area contributed by atoms with Crippen molar-refractivity contribution in [3.8, 4) is 0 Å². The lowest BCUT2D eigenvalue weighted by atomic mass is 10.1. The zero-order valence-electron chi connectivity index (χ0n) is 12.2. The van der Waals surface area contributed by atoms with E-state index in [0.717, 1.165) is 32.1 Å². The van der Waals surface area contributed by atoms with Crippen molar-refractivity contribution in [1.82, 2.24) is 20.2 Å². The monoisotopic (exact) mass is 272 g/mol. The Kier molecular flexibility index (Phi) is 3.30. The number of aryl methyl sites for hydroxylation is 3. The van der Waals surface area contributed by atoms with Crippen molar-refractivity contribution >= 4 is 11.6 Å². The van der Waals surface area contributed by atoms with Crippen LogP contribution in [-0.4, -0.2) is 46.4 Å². The van der Waals surface area contributed by atoms with Gasteiger partial charge < -0.3 is 9.80 Å². The molecule has 3 rings (SSSR count). The quantitative estimate of drug-likeness (QED) is 0.821. The van der Waals surface area contributed by atoms with Crippen LogP contribution in [0, 0.1) is 13.8 Å². The van der Waals surface area contributed by atoms with E-state index in [1.54, 1.807) is 4.68 Å². The van der Waals surface area contributed by atoms with Gasteiger partial charge in [-0.1, -0.05) is 23.3 Å². The molecule has 0 spiro atoms. The molecule has 1 aromatic carbocycles. The van der Waals surface area contributed by atoms with Crippen molar-refractivity contribution in [1.29, 1.82) is 0 Å². The first-order chi connectivity index (χ1) is 9.66. The average Bonchev–Trinajstić information content (AvgIpc) is 2.86. The highest BCUT2D eigenvalue weighted by atomic mass is 15.6. The number of aromatic nitrogens is 4. The Morgan fingerprint density at radius 3 is 2.10 bits per heavy atom. The Morgan fingerprint density at radius 2 is 1.55 bits per heavy atom. The minimum Gasteiger partial charge on any atom is -0.368 e. The van der Waals surface area contributed by atoms with Gasteiger partial charge in [-0.15, -0.1) is 0 Å². The fourth-order valence-electron chi connectivity index (χ4n) is 2.93. The molecule has 1 aliphatic heterocycles. The van der Waals surface area contributed by atoms with Crippen molar-refractivity contribution in [3.05, 3.63) is 29.3 Å². The maximum atomic E-state index is 4.08. The first kappa shape index (κ1) is 12.9. The van der Waals surface area contributed by atoms with E-state index in [-0.39, 0.29) is 0 Å². The van der Waals surface area contributed by atoms with Crippen molar-refractivity contribution in [3.63, 3.8) is 0 Å². The summed E-state index contributed by atoms with van der Waals surface area (Å²) >= 11 is 0. The van der Waals surface area contributed by atoms with Gasteiger partial charge in [-0.3, -0.25) is 0 Å². The second-order valence-corrected chi connectivity index (χ2v) is 5.32. The van der Waals surface area contributed by atoms with Crippen LogP contribution in [0.1, 0.15) is 11.1 Å². The number of hydrogen-bond donors (Lipinski definition) is 0. The average molecular weight is 272 g/mol. The van der Waals surface area contributed by atoms with E-state index in [4.69, 9.17) is 0 Å². The Labute approximate surface area is 119 Å². The summed E-state index contributed by atoms with van der Waals surface area (Å²) in [5.41, 5.74) is 4.07. The SMILES string of the molecule is Cc1cccc(C)c1N1CCN(c2nnnn2C)CC1. The molecule has 0 aliphatic carbocycles. The molecule has 0 saturated carbocycles. The van der Waals surface area contributed by atoms with Crippen LogP contribution in [0.5, 0.6) is 0 Å². The lowest BCUT2D eigenvalue weighted by Crippen LogP contribution is -2.47. The Bertz CT molecular complexity index is 577. The van der Waals surface area contributed by atoms with E-state index in [0.29, 0.717) is 0 Å². The standard InChI is InChI=1S/C14H20N6/c1-11-5-4-6-12(2)13(11)19-7-9-20(10-8-19)14-15-16-17-18(14)3/h4-6H,7-10H2,1-3H3. The molecule has 6 nitrogen and oxygen atoms in total. The Balaban J connectivity index is 1.74. The van der Waals surface area contributed by atoms with Gasteiger partial charge in [-0.25, -0.2) is 4.68 Å². The molecule has 1 aliphatic rings. The highest BCUT2D eigenvalue weighted by Gasteiger charge is 2.22. The molecule has 1 saturated heterocycles. The fourth-order valence-corrected chi connectivity index (χ4v) is 2.93. The topological polar surface area (TPSA) is 50.1 Å². The normalized spacial score (nSPS) is 15.8. The molecule has 0 radical (unpaired) electrons. The second kappa shape index (κ2) is 5.11. The molecule has 0 N–H and O–H groups in total. The molecule has 0 atom stereocenters. The van der Waals surface area contributed by atoms with Gasteiger partial charge >= 0.3 is 0 Å². The van der Waals surface area contributed by atoms with E-state index < -0.39 is 0 Å². The summed E-state index contributed by atoms with van der Waals surface area (Å²) in [5.74, 6) is 0.853. The fraction of sp³-hybridized carbons (Fsp3) is 0.500. The molecule has 0 unspecified atom stereocenters. The van der Waals surface area contributed by atoms with Gasteiger partial charge in [0.25, 0.3) is 0 Å². The van der Waals surface area contributed by atoms with Crippen molar-refractivity contribution in [2.75, 3.05) is 36.0 Å². The minimum absolute atomic E-state index is 0.853. The maximum Gasteiger partial charge on any atom is 0.245 e. The molecule has 106 valence electrons. The van der Waals surface area contributed by atoms with Gasteiger partial charge in [0.1, 0.15) is 0 Å². The Morgan fingerprint density at radius 1 is 0.950 bits per heavy atom. The van der Waals surface area contributed by atoms with Gasteiger partial charge in [0.05, 0.1) is 0 Å². The van der Waals surface area contributed by atoms with Gasteiger partial charge in [0, 0.05) is 38.9 Å². The molecule has 6 heteroatoms. The number of benzene rings is 1. The zero-order chi connectivity index (χ0) is 14.1. The summed E-state index contributed by atoms with van der Waals surface area (Å²) in [6, 6.07) is 6.48. The van der Waals surface area contributed by atoms with Crippen LogP contribution in [0.15, 0.2) is 18.2 Å². The van der Waals surface area contributed by atoms with E-state index in [1.807, 2.05) is 7.05 Å². The van der Waals surface area contributed by atoms with Gasteiger partial charge in [0.2, 0.25) is 5.95 Å². The van der Waals surface area contributed by atoms with Crippen LogP contribution in [0.25, 0.3) is 0 Å². The van der Waals surface area contributed by atoms with Crippen LogP contribution in [0.3, 0.4) is 0 Å². The summed E-state index contributed by atoms with van der Waals surface area (Å²) < 4.78 is 1.73. The lowest BCUT2D eigenvalue weighted by Gasteiger charge is -2.37. The predicted octanol–water partition coefficient (Wildman–Crippen LogP) is 1.15. The molecule has 1 fully saturated rings.